The number of carbonyl (C=O) groups is 7. The van der Waals surface area contributed by atoms with Crippen molar-refractivity contribution in [1.82, 2.24) is 20.9 Å². The molecule has 4 amide bonds. The Bertz CT molecular complexity index is 972. The van der Waals surface area contributed by atoms with Crippen molar-refractivity contribution in [3.05, 3.63) is 0 Å². The lowest BCUT2D eigenvalue weighted by atomic mass is 9.98. The van der Waals surface area contributed by atoms with E-state index in [1.54, 1.807) is 0 Å². The lowest BCUT2D eigenvalue weighted by molar-refractivity contribution is -0.144. The summed E-state index contributed by atoms with van der Waals surface area (Å²) >= 11 is 0. The predicted octanol–water partition coefficient (Wildman–Crippen LogP) is -1.11. The van der Waals surface area contributed by atoms with Crippen LogP contribution in [0.3, 0.4) is 0 Å². The number of nitrogens with two attached hydrogens (primary N) is 1. The molecule has 0 spiro atoms. The number of carbonyl (C=O) groups excluding carboxylic acids is 4. The molecule has 1 aliphatic heterocycles. The number of likely N-dealkylation sites (tertiary alicyclic amines) is 1. The maximum absolute atomic E-state index is 13.2. The third kappa shape index (κ3) is 10.1. The van der Waals surface area contributed by atoms with Crippen molar-refractivity contribution >= 4 is 41.5 Å². The van der Waals surface area contributed by atoms with Gasteiger partial charge in [0.1, 0.15) is 24.2 Å². The van der Waals surface area contributed by atoms with E-state index in [2.05, 4.69) is 16.0 Å². The van der Waals surface area contributed by atoms with Crippen LogP contribution in [0.25, 0.3) is 0 Å². The summed E-state index contributed by atoms with van der Waals surface area (Å²) in [6.45, 7) is 7.00. The van der Waals surface area contributed by atoms with Crippen LogP contribution in [0.5, 0.6) is 0 Å². The summed E-state index contributed by atoms with van der Waals surface area (Å²) in [5, 5.41) is 34.5. The SMILES string of the molecule is CC[C@H](C)[C@H](N)C(=O)N1CCC[C@H]1C(=O)N[C@@H](CCC(=O)O)C(=O)N[C@@H](CC(=O)O)C(=O)N[C@H](C(=O)O)C(C)C. The van der Waals surface area contributed by atoms with Crippen LogP contribution >= 0.6 is 0 Å². The first-order chi connectivity index (χ1) is 18.6. The van der Waals surface area contributed by atoms with E-state index in [0.29, 0.717) is 12.8 Å². The molecule has 1 rings (SSSR count). The first kappa shape index (κ1) is 34.3. The predicted molar refractivity (Wildman–Crippen MR) is 140 cm³/mol. The van der Waals surface area contributed by atoms with Gasteiger partial charge < -0.3 is 41.9 Å². The second-order valence-electron chi connectivity index (χ2n) is 10.3. The number of hydrogen-bond donors (Lipinski definition) is 7. The van der Waals surface area contributed by atoms with Crippen LogP contribution in [0.4, 0.5) is 0 Å². The minimum absolute atomic E-state index is 0.139. The van der Waals surface area contributed by atoms with Gasteiger partial charge in [-0.2, -0.15) is 0 Å². The molecule has 6 atom stereocenters. The molecule has 1 fully saturated rings. The molecule has 0 aromatic heterocycles. The first-order valence-electron chi connectivity index (χ1n) is 13.2. The van der Waals surface area contributed by atoms with E-state index < -0.39 is 96.9 Å². The van der Waals surface area contributed by atoms with Crippen LogP contribution < -0.4 is 21.7 Å². The van der Waals surface area contributed by atoms with E-state index in [4.69, 9.17) is 10.8 Å². The average Bonchev–Trinajstić information content (AvgIpc) is 3.36. The lowest BCUT2D eigenvalue weighted by Crippen LogP contribution is -2.59. The van der Waals surface area contributed by atoms with Gasteiger partial charge in [0.05, 0.1) is 12.5 Å². The molecule has 226 valence electrons. The molecule has 0 unspecified atom stereocenters. The maximum Gasteiger partial charge on any atom is 0.326 e. The van der Waals surface area contributed by atoms with Crippen LogP contribution in [0.2, 0.25) is 0 Å². The Morgan fingerprint density at radius 1 is 0.900 bits per heavy atom. The quantitative estimate of drug-likeness (QED) is 0.117. The highest BCUT2D eigenvalue weighted by molar-refractivity contribution is 5.96. The van der Waals surface area contributed by atoms with Gasteiger partial charge in [-0.1, -0.05) is 34.1 Å². The highest BCUT2D eigenvalue weighted by Gasteiger charge is 2.39. The van der Waals surface area contributed by atoms with Crippen molar-refractivity contribution in [1.29, 1.82) is 0 Å². The summed E-state index contributed by atoms with van der Waals surface area (Å²) in [4.78, 5) is 87.3. The van der Waals surface area contributed by atoms with Gasteiger partial charge in [-0.25, -0.2) is 4.79 Å². The van der Waals surface area contributed by atoms with Crippen molar-refractivity contribution in [2.75, 3.05) is 6.54 Å². The number of nitrogens with zero attached hydrogens (tertiary/aromatic N) is 1. The molecule has 8 N–H and O–H groups in total. The minimum Gasteiger partial charge on any atom is -0.481 e. The highest BCUT2D eigenvalue weighted by Crippen LogP contribution is 2.21. The van der Waals surface area contributed by atoms with Crippen LogP contribution in [0.1, 0.15) is 66.2 Å². The third-order valence-corrected chi connectivity index (χ3v) is 6.90. The molecule has 1 saturated heterocycles. The molecule has 0 radical (unpaired) electrons. The number of rotatable bonds is 16. The van der Waals surface area contributed by atoms with Crippen LogP contribution in [-0.2, 0) is 33.6 Å². The van der Waals surface area contributed by atoms with Crippen molar-refractivity contribution in [2.24, 2.45) is 17.6 Å². The Balaban J connectivity index is 3.12. The Hall–Kier alpha value is -3.75. The molecule has 0 aromatic carbocycles. The van der Waals surface area contributed by atoms with E-state index >= 15 is 0 Å². The molecule has 0 saturated carbocycles. The van der Waals surface area contributed by atoms with Gasteiger partial charge in [-0.05, 0) is 31.1 Å². The summed E-state index contributed by atoms with van der Waals surface area (Å²) in [7, 11) is 0. The zero-order valence-electron chi connectivity index (χ0n) is 23.2. The second-order valence-corrected chi connectivity index (χ2v) is 10.3. The molecule has 40 heavy (non-hydrogen) atoms. The number of amides is 4. The monoisotopic (exact) mass is 571 g/mol. The van der Waals surface area contributed by atoms with Gasteiger partial charge in [-0.3, -0.25) is 28.8 Å². The zero-order chi connectivity index (χ0) is 30.7. The molecule has 0 aromatic rings. The normalized spacial score (nSPS) is 18.6. The summed E-state index contributed by atoms with van der Waals surface area (Å²) in [6, 6.07) is -6.36. The summed E-state index contributed by atoms with van der Waals surface area (Å²) < 4.78 is 0. The number of aliphatic carboxylic acids is 3. The zero-order valence-corrected chi connectivity index (χ0v) is 23.2. The van der Waals surface area contributed by atoms with Gasteiger partial charge in [0.25, 0.3) is 0 Å². The lowest BCUT2D eigenvalue weighted by Gasteiger charge is -2.30. The van der Waals surface area contributed by atoms with Crippen molar-refractivity contribution in [3.8, 4) is 0 Å². The Morgan fingerprint density at radius 3 is 2.00 bits per heavy atom. The standard InChI is InChI=1S/C25H41N5O10/c1-5-13(4)19(26)24(38)30-10-6-7-16(30)23(37)27-14(8-9-17(31)32)21(35)28-15(11-18(33)34)22(36)29-20(12(2)3)25(39)40/h12-16,19-20H,5-11,26H2,1-4H3,(H,27,37)(H,28,35)(H,29,36)(H,31,32)(H,33,34)(H,39,40)/t13-,14-,15-,16-,19-,20-/m0/s1. The Labute approximate surface area is 232 Å². The number of carboxylic acid groups (broad SMARTS) is 3. The molecule has 15 heteroatoms. The molecule has 0 aliphatic carbocycles. The second kappa shape index (κ2) is 15.7. The van der Waals surface area contributed by atoms with Crippen LogP contribution in [0, 0.1) is 11.8 Å². The largest absolute Gasteiger partial charge is 0.481 e. The minimum atomic E-state index is -1.71. The van der Waals surface area contributed by atoms with E-state index in [-0.39, 0.29) is 18.9 Å². The smallest absolute Gasteiger partial charge is 0.326 e. The Morgan fingerprint density at radius 2 is 1.50 bits per heavy atom. The fourth-order valence-corrected chi connectivity index (χ4v) is 4.22. The first-order valence-corrected chi connectivity index (χ1v) is 13.2. The van der Waals surface area contributed by atoms with Crippen molar-refractivity contribution in [3.63, 3.8) is 0 Å². The fraction of sp³-hybridized carbons (Fsp3) is 0.720. The molecule has 1 aliphatic rings. The average molecular weight is 572 g/mol. The van der Waals surface area contributed by atoms with Crippen LogP contribution in [0.15, 0.2) is 0 Å². The van der Waals surface area contributed by atoms with Gasteiger partial charge >= 0.3 is 17.9 Å². The van der Waals surface area contributed by atoms with E-state index in [9.17, 15) is 43.8 Å². The summed E-state index contributed by atoms with van der Waals surface area (Å²) in [6.07, 6.45) is -0.414. The topological polar surface area (TPSA) is 246 Å². The van der Waals surface area contributed by atoms with Gasteiger partial charge in [0.15, 0.2) is 0 Å². The van der Waals surface area contributed by atoms with E-state index in [1.165, 1.54) is 18.7 Å². The van der Waals surface area contributed by atoms with Crippen LogP contribution in [-0.4, -0.2) is 98.5 Å². The van der Waals surface area contributed by atoms with Gasteiger partial charge in [0, 0.05) is 13.0 Å². The molecule has 1 heterocycles. The molecule has 15 nitrogen and oxygen atoms in total. The summed E-state index contributed by atoms with van der Waals surface area (Å²) in [5.74, 6) is -8.07. The van der Waals surface area contributed by atoms with E-state index in [0.717, 1.165) is 0 Å². The van der Waals surface area contributed by atoms with Gasteiger partial charge in [-0.15, -0.1) is 0 Å². The van der Waals surface area contributed by atoms with Crippen molar-refractivity contribution < 1.29 is 48.9 Å². The van der Waals surface area contributed by atoms with E-state index in [1.807, 2.05) is 13.8 Å². The summed E-state index contributed by atoms with van der Waals surface area (Å²) in [5.41, 5.74) is 6.06. The van der Waals surface area contributed by atoms with Gasteiger partial charge in [0.2, 0.25) is 23.6 Å². The van der Waals surface area contributed by atoms with Crippen molar-refractivity contribution in [2.45, 2.75) is 96.4 Å². The fourth-order valence-electron chi connectivity index (χ4n) is 4.22. The molecular formula is C25H41N5O10. The highest BCUT2D eigenvalue weighted by atomic mass is 16.4. The maximum atomic E-state index is 13.2. The number of hydrogen-bond acceptors (Lipinski definition) is 8. The number of nitrogens with one attached hydrogen (secondary N) is 3. The third-order valence-electron chi connectivity index (χ3n) is 6.90. The Kier molecular flexibility index (Phi) is 13.5. The molecule has 0 bridgehead atoms. The number of carboxylic acids is 3. The molecular weight excluding hydrogens is 530 g/mol.